The molecule has 102 valence electrons. The summed E-state index contributed by atoms with van der Waals surface area (Å²) in [5, 5.41) is 5.20. The van der Waals surface area contributed by atoms with Crippen LogP contribution in [0, 0.1) is 0 Å². The van der Waals surface area contributed by atoms with Crippen LogP contribution in [0.25, 0.3) is 0 Å². The molecule has 2 amide bonds. The summed E-state index contributed by atoms with van der Waals surface area (Å²) in [4.78, 5) is 23.2. The number of carbonyl (C=O) groups is 2. The quantitative estimate of drug-likeness (QED) is 0.719. The van der Waals surface area contributed by atoms with Crippen LogP contribution in [-0.4, -0.2) is 30.4 Å². The van der Waals surface area contributed by atoms with Crippen LogP contribution in [0.4, 0.5) is 0 Å². The number of nitrogens with one attached hydrogen (secondary N) is 2. The number of halogens is 1. The first-order valence-corrected chi connectivity index (χ1v) is 5.39. The van der Waals surface area contributed by atoms with E-state index >= 15 is 0 Å². The van der Waals surface area contributed by atoms with Crippen LogP contribution in [-0.2, 0) is 4.79 Å². The van der Waals surface area contributed by atoms with Gasteiger partial charge in [0.2, 0.25) is 5.91 Å². The zero-order valence-electron chi connectivity index (χ0n) is 10.3. The average molecular weight is 276 g/mol. The maximum atomic E-state index is 11.6. The Kier molecular flexibility index (Phi) is 7.07. The molecule has 6 nitrogen and oxygen atoms in total. The lowest BCUT2D eigenvalue weighted by molar-refractivity contribution is -0.123. The monoisotopic (exact) mass is 275 g/mol. The fourth-order valence-electron chi connectivity index (χ4n) is 1.17. The molecule has 0 aliphatic heterocycles. The van der Waals surface area contributed by atoms with Gasteiger partial charge >= 0.3 is 0 Å². The van der Waals surface area contributed by atoms with Crippen LogP contribution in [0.3, 0.4) is 0 Å². The van der Waals surface area contributed by atoms with Gasteiger partial charge in [-0.25, -0.2) is 0 Å². The van der Waals surface area contributed by atoms with Crippen LogP contribution in [0.1, 0.15) is 24.4 Å². The summed E-state index contributed by atoms with van der Waals surface area (Å²) in [6, 6.07) is 2.38. The van der Waals surface area contributed by atoms with E-state index in [0.717, 1.165) is 0 Å². The Morgan fingerprint density at radius 3 is 2.56 bits per heavy atom. The molecule has 2 atom stereocenters. The lowest BCUT2D eigenvalue weighted by Gasteiger charge is -2.16. The largest absolute Gasteiger partial charge is 0.459 e. The topological polar surface area (TPSA) is 97.4 Å². The third-order valence-corrected chi connectivity index (χ3v) is 2.23. The van der Waals surface area contributed by atoms with Gasteiger partial charge in [0, 0.05) is 12.6 Å². The maximum Gasteiger partial charge on any atom is 0.287 e. The van der Waals surface area contributed by atoms with Gasteiger partial charge < -0.3 is 20.8 Å². The van der Waals surface area contributed by atoms with Crippen molar-refractivity contribution in [3.05, 3.63) is 24.2 Å². The lowest BCUT2D eigenvalue weighted by Crippen LogP contribution is -2.49. The number of nitrogens with two attached hydrogens (primary N) is 1. The molecule has 7 heteroatoms. The van der Waals surface area contributed by atoms with Crippen LogP contribution < -0.4 is 16.4 Å². The molecule has 1 unspecified atom stereocenters. The Balaban J connectivity index is 0.00000289. The minimum Gasteiger partial charge on any atom is -0.459 e. The molecule has 1 aromatic rings. The highest BCUT2D eigenvalue weighted by Crippen LogP contribution is 2.00. The standard InChI is InChI=1S/C11H17N3O3.ClH/c1-7(6-12)13-10(15)8(2)14-11(16)9-4-3-5-17-9;/h3-5,7-8H,6,12H2,1-2H3,(H,13,15)(H,14,16);1H/t7-,8?;/m0./s1. The van der Waals surface area contributed by atoms with E-state index in [4.69, 9.17) is 10.2 Å². The highest BCUT2D eigenvalue weighted by atomic mass is 35.5. The fourth-order valence-corrected chi connectivity index (χ4v) is 1.17. The number of hydrogen-bond donors (Lipinski definition) is 3. The molecule has 1 aromatic heterocycles. The Hall–Kier alpha value is -1.53. The van der Waals surface area contributed by atoms with Gasteiger partial charge in [-0.15, -0.1) is 12.4 Å². The first kappa shape index (κ1) is 16.5. The van der Waals surface area contributed by atoms with Crippen molar-refractivity contribution >= 4 is 24.2 Å². The van der Waals surface area contributed by atoms with Crippen molar-refractivity contribution in [2.45, 2.75) is 25.9 Å². The summed E-state index contributed by atoms with van der Waals surface area (Å²) >= 11 is 0. The summed E-state index contributed by atoms with van der Waals surface area (Å²) in [5.41, 5.74) is 5.38. The molecule has 0 saturated heterocycles. The van der Waals surface area contributed by atoms with Gasteiger partial charge in [-0.3, -0.25) is 9.59 Å². The van der Waals surface area contributed by atoms with Crippen molar-refractivity contribution in [2.75, 3.05) is 6.54 Å². The van der Waals surface area contributed by atoms with E-state index in [1.807, 2.05) is 0 Å². The molecule has 0 fully saturated rings. The van der Waals surface area contributed by atoms with E-state index in [-0.39, 0.29) is 30.1 Å². The predicted molar refractivity (Wildman–Crippen MR) is 69.5 cm³/mol. The second kappa shape index (κ2) is 7.73. The molecule has 4 N–H and O–H groups in total. The van der Waals surface area contributed by atoms with Crippen molar-refractivity contribution in [1.29, 1.82) is 0 Å². The van der Waals surface area contributed by atoms with E-state index in [1.165, 1.54) is 12.3 Å². The summed E-state index contributed by atoms with van der Waals surface area (Å²) in [7, 11) is 0. The van der Waals surface area contributed by atoms with Gasteiger partial charge in [0.25, 0.3) is 5.91 Å². The molecule has 1 rings (SSSR count). The maximum absolute atomic E-state index is 11.6. The predicted octanol–water partition coefficient (Wildman–Crippen LogP) is 0.283. The number of amides is 2. The van der Waals surface area contributed by atoms with Crippen molar-refractivity contribution in [1.82, 2.24) is 10.6 Å². The summed E-state index contributed by atoms with van der Waals surface area (Å²) in [6.07, 6.45) is 1.40. The van der Waals surface area contributed by atoms with Gasteiger partial charge in [-0.2, -0.15) is 0 Å². The molecule has 0 aliphatic rings. The first-order chi connectivity index (χ1) is 8.04. The van der Waals surface area contributed by atoms with Crippen molar-refractivity contribution in [3.8, 4) is 0 Å². The van der Waals surface area contributed by atoms with Crippen molar-refractivity contribution in [3.63, 3.8) is 0 Å². The molecule has 0 aliphatic carbocycles. The molecule has 0 saturated carbocycles. The molecular weight excluding hydrogens is 258 g/mol. The summed E-state index contributed by atoms with van der Waals surface area (Å²) < 4.78 is 4.91. The third kappa shape index (κ3) is 4.77. The number of furan rings is 1. The van der Waals surface area contributed by atoms with E-state index in [2.05, 4.69) is 10.6 Å². The van der Waals surface area contributed by atoms with Gasteiger partial charge in [-0.05, 0) is 26.0 Å². The second-order valence-electron chi connectivity index (χ2n) is 3.82. The SMILES string of the molecule is CC(NC(=O)c1ccco1)C(=O)N[C@@H](C)CN.Cl. The number of hydrogen-bond acceptors (Lipinski definition) is 4. The van der Waals surface area contributed by atoms with Gasteiger partial charge in [0.1, 0.15) is 6.04 Å². The molecule has 0 aromatic carbocycles. The molecule has 0 spiro atoms. The highest BCUT2D eigenvalue weighted by molar-refractivity contribution is 5.95. The van der Waals surface area contributed by atoms with Gasteiger partial charge in [0.15, 0.2) is 5.76 Å². The summed E-state index contributed by atoms with van der Waals surface area (Å²) in [6.45, 7) is 3.74. The van der Waals surface area contributed by atoms with Crippen molar-refractivity contribution < 1.29 is 14.0 Å². The molecule has 0 bridgehead atoms. The molecule has 18 heavy (non-hydrogen) atoms. The second-order valence-corrected chi connectivity index (χ2v) is 3.82. The van der Waals surface area contributed by atoms with Crippen LogP contribution in [0.15, 0.2) is 22.8 Å². The Morgan fingerprint density at radius 1 is 1.39 bits per heavy atom. The minimum absolute atomic E-state index is 0. The third-order valence-electron chi connectivity index (χ3n) is 2.23. The first-order valence-electron chi connectivity index (χ1n) is 5.39. The minimum atomic E-state index is -0.637. The molecule has 1 heterocycles. The van der Waals surface area contributed by atoms with Gasteiger partial charge in [-0.1, -0.05) is 0 Å². The number of rotatable bonds is 5. The normalized spacial score (nSPS) is 13.1. The van der Waals surface area contributed by atoms with E-state index < -0.39 is 11.9 Å². The summed E-state index contributed by atoms with van der Waals surface area (Å²) in [5.74, 6) is -0.516. The van der Waals surface area contributed by atoms with Crippen LogP contribution in [0.5, 0.6) is 0 Å². The Bertz CT molecular complexity index is 381. The molecule has 0 radical (unpaired) electrons. The van der Waals surface area contributed by atoms with E-state index in [9.17, 15) is 9.59 Å². The average Bonchev–Trinajstić information content (AvgIpc) is 2.82. The zero-order valence-corrected chi connectivity index (χ0v) is 11.1. The van der Waals surface area contributed by atoms with Gasteiger partial charge in [0.05, 0.1) is 6.26 Å². The van der Waals surface area contributed by atoms with E-state index in [1.54, 1.807) is 19.9 Å². The zero-order chi connectivity index (χ0) is 12.8. The molecular formula is C11H18ClN3O3. The van der Waals surface area contributed by atoms with Crippen LogP contribution >= 0.6 is 12.4 Å². The fraction of sp³-hybridized carbons (Fsp3) is 0.455. The Labute approximate surface area is 112 Å². The Morgan fingerprint density at radius 2 is 2.06 bits per heavy atom. The van der Waals surface area contributed by atoms with Crippen LogP contribution in [0.2, 0.25) is 0 Å². The lowest BCUT2D eigenvalue weighted by atomic mass is 10.2. The van der Waals surface area contributed by atoms with E-state index in [0.29, 0.717) is 6.54 Å². The smallest absolute Gasteiger partial charge is 0.287 e. The highest BCUT2D eigenvalue weighted by Gasteiger charge is 2.18. The van der Waals surface area contributed by atoms with Crippen molar-refractivity contribution in [2.24, 2.45) is 5.73 Å². The number of carbonyl (C=O) groups excluding carboxylic acids is 2.